The van der Waals surface area contributed by atoms with Gasteiger partial charge in [0, 0.05) is 50.0 Å². The fourth-order valence-electron chi connectivity index (χ4n) is 4.36. The summed E-state index contributed by atoms with van der Waals surface area (Å²) in [6.07, 6.45) is 4.37. The molecular weight excluding hydrogens is 394 g/mol. The van der Waals surface area contributed by atoms with Gasteiger partial charge in [0.2, 0.25) is 5.88 Å². The third kappa shape index (κ3) is 3.97. The fourth-order valence-corrected chi connectivity index (χ4v) is 4.36. The van der Waals surface area contributed by atoms with Crippen LogP contribution in [0.15, 0.2) is 18.6 Å². The van der Waals surface area contributed by atoms with E-state index < -0.39 is 0 Å². The van der Waals surface area contributed by atoms with Crippen molar-refractivity contribution in [2.24, 2.45) is 0 Å². The maximum Gasteiger partial charge on any atom is 0.215 e. The molecule has 4 heterocycles. The number of likely N-dealkylation sites (tertiary alicyclic amines) is 1. The SMILES string of the molecule is CCn1c(-c2cnc(OC)c(C)c2)nc2c(N(C)C3CCN(CC(C)=O)C3)ncnc21. The molecule has 0 aromatic carbocycles. The van der Waals surface area contributed by atoms with Crippen molar-refractivity contribution in [1.82, 2.24) is 29.4 Å². The number of carbonyl (C=O) groups is 1. The summed E-state index contributed by atoms with van der Waals surface area (Å²) in [5.74, 6) is 2.43. The molecule has 1 unspecified atom stereocenters. The molecule has 164 valence electrons. The minimum absolute atomic E-state index is 0.197. The van der Waals surface area contributed by atoms with E-state index in [1.165, 1.54) is 0 Å². The molecule has 0 radical (unpaired) electrons. The highest BCUT2D eigenvalue weighted by Gasteiger charge is 2.29. The lowest BCUT2D eigenvalue weighted by Crippen LogP contribution is -2.36. The Kier molecular flexibility index (Phi) is 5.86. The molecule has 3 aromatic rings. The molecule has 0 aliphatic carbocycles. The van der Waals surface area contributed by atoms with E-state index in [-0.39, 0.29) is 11.8 Å². The first-order valence-corrected chi connectivity index (χ1v) is 10.6. The molecule has 1 saturated heterocycles. The Bertz CT molecular complexity index is 1110. The number of aryl methyl sites for hydroxylation is 2. The number of rotatable bonds is 7. The minimum atomic E-state index is 0.197. The molecule has 3 aromatic heterocycles. The Morgan fingerprint density at radius 2 is 2.13 bits per heavy atom. The summed E-state index contributed by atoms with van der Waals surface area (Å²) >= 11 is 0. The summed E-state index contributed by atoms with van der Waals surface area (Å²) in [4.78, 5) is 34.4. The van der Waals surface area contributed by atoms with Crippen LogP contribution in [-0.4, -0.2) is 75.0 Å². The first-order valence-electron chi connectivity index (χ1n) is 10.6. The van der Waals surface area contributed by atoms with E-state index in [0.717, 1.165) is 60.0 Å². The highest BCUT2D eigenvalue weighted by Crippen LogP contribution is 2.31. The van der Waals surface area contributed by atoms with Crippen molar-refractivity contribution >= 4 is 22.8 Å². The monoisotopic (exact) mass is 423 g/mol. The number of Topliss-reactive ketones (excluding diaryl/α,β-unsaturated/α-hetero) is 1. The standard InChI is InChI=1S/C22H29N7O2/c1-6-29-19(16-9-14(2)22(31-5)23-10-16)26-18-20(24-13-25-21(18)29)27(4)17-7-8-28(12-17)11-15(3)30/h9-10,13,17H,6-8,11-12H2,1-5H3. The van der Waals surface area contributed by atoms with Gasteiger partial charge in [0.15, 0.2) is 17.0 Å². The quantitative estimate of drug-likeness (QED) is 0.572. The molecule has 1 aliphatic heterocycles. The lowest BCUT2D eigenvalue weighted by Gasteiger charge is -2.25. The van der Waals surface area contributed by atoms with E-state index >= 15 is 0 Å². The number of ether oxygens (including phenoxy) is 1. The van der Waals surface area contributed by atoms with Gasteiger partial charge in [-0.1, -0.05) is 0 Å². The molecule has 0 bridgehead atoms. The van der Waals surface area contributed by atoms with Crippen molar-refractivity contribution in [3.05, 3.63) is 24.2 Å². The number of aromatic nitrogens is 5. The van der Waals surface area contributed by atoms with Gasteiger partial charge in [0.25, 0.3) is 0 Å². The smallest absolute Gasteiger partial charge is 0.215 e. The van der Waals surface area contributed by atoms with Gasteiger partial charge in [-0.15, -0.1) is 0 Å². The average molecular weight is 424 g/mol. The van der Waals surface area contributed by atoms with Gasteiger partial charge in [-0.2, -0.15) is 0 Å². The van der Waals surface area contributed by atoms with Crippen molar-refractivity contribution in [2.75, 3.05) is 38.7 Å². The lowest BCUT2D eigenvalue weighted by atomic mass is 10.2. The van der Waals surface area contributed by atoms with E-state index in [9.17, 15) is 4.79 Å². The summed E-state index contributed by atoms with van der Waals surface area (Å²) in [5, 5.41) is 0. The minimum Gasteiger partial charge on any atom is -0.481 e. The lowest BCUT2D eigenvalue weighted by molar-refractivity contribution is -0.117. The normalized spacial score (nSPS) is 16.7. The van der Waals surface area contributed by atoms with Gasteiger partial charge >= 0.3 is 0 Å². The van der Waals surface area contributed by atoms with Crippen molar-refractivity contribution in [1.29, 1.82) is 0 Å². The number of anilines is 1. The van der Waals surface area contributed by atoms with Crippen LogP contribution in [0.3, 0.4) is 0 Å². The van der Waals surface area contributed by atoms with Gasteiger partial charge < -0.3 is 14.2 Å². The summed E-state index contributed by atoms with van der Waals surface area (Å²) in [6.45, 7) is 8.67. The highest BCUT2D eigenvalue weighted by atomic mass is 16.5. The van der Waals surface area contributed by atoms with Crippen LogP contribution in [-0.2, 0) is 11.3 Å². The molecule has 1 atom stereocenters. The van der Waals surface area contributed by atoms with E-state index in [4.69, 9.17) is 9.72 Å². The zero-order chi connectivity index (χ0) is 22.1. The molecule has 0 amide bonds. The molecule has 0 saturated carbocycles. The van der Waals surface area contributed by atoms with E-state index in [2.05, 4.69) is 36.2 Å². The van der Waals surface area contributed by atoms with E-state index in [1.807, 2.05) is 20.0 Å². The van der Waals surface area contributed by atoms with Crippen LogP contribution < -0.4 is 9.64 Å². The Balaban J connectivity index is 1.72. The first kappa shape index (κ1) is 21.2. The van der Waals surface area contributed by atoms with Crippen LogP contribution in [0.1, 0.15) is 25.8 Å². The Morgan fingerprint density at radius 3 is 2.81 bits per heavy atom. The van der Waals surface area contributed by atoms with Crippen LogP contribution in [0.25, 0.3) is 22.6 Å². The van der Waals surface area contributed by atoms with Crippen LogP contribution in [0, 0.1) is 6.92 Å². The maximum atomic E-state index is 11.5. The van der Waals surface area contributed by atoms with Crippen molar-refractivity contribution in [3.8, 4) is 17.3 Å². The topological polar surface area (TPSA) is 89.3 Å². The third-order valence-electron chi connectivity index (χ3n) is 5.89. The number of carbonyl (C=O) groups excluding carboxylic acids is 1. The summed E-state index contributed by atoms with van der Waals surface area (Å²) in [5.41, 5.74) is 3.46. The molecule has 31 heavy (non-hydrogen) atoms. The Hall–Kier alpha value is -3.07. The molecule has 1 aliphatic rings. The van der Waals surface area contributed by atoms with Gasteiger partial charge in [0.05, 0.1) is 13.7 Å². The predicted octanol–water partition coefficient (Wildman–Crippen LogP) is 2.32. The average Bonchev–Trinajstić information content (AvgIpc) is 3.36. The molecule has 0 N–H and O–H groups in total. The summed E-state index contributed by atoms with van der Waals surface area (Å²) in [6, 6.07) is 2.31. The van der Waals surface area contributed by atoms with Crippen molar-refractivity contribution in [3.63, 3.8) is 0 Å². The number of pyridine rings is 1. The molecule has 9 nitrogen and oxygen atoms in total. The number of imidazole rings is 1. The van der Waals surface area contributed by atoms with Crippen molar-refractivity contribution < 1.29 is 9.53 Å². The van der Waals surface area contributed by atoms with E-state index in [0.29, 0.717) is 12.4 Å². The second-order valence-electron chi connectivity index (χ2n) is 8.09. The maximum absolute atomic E-state index is 11.5. The predicted molar refractivity (Wildman–Crippen MR) is 119 cm³/mol. The van der Waals surface area contributed by atoms with Crippen LogP contribution in [0.2, 0.25) is 0 Å². The zero-order valence-corrected chi connectivity index (χ0v) is 18.8. The van der Waals surface area contributed by atoms with Gasteiger partial charge in [-0.05, 0) is 33.3 Å². The third-order valence-corrected chi connectivity index (χ3v) is 5.89. The molecular formula is C22H29N7O2. The van der Waals surface area contributed by atoms with E-state index in [1.54, 1.807) is 26.6 Å². The van der Waals surface area contributed by atoms with Crippen LogP contribution >= 0.6 is 0 Å². The second kappa shape index (κ2) is 8.58. The van der Waals surface area contributed by atoms with Crippen LogP contribution in [0.5, 0.6) is 5.88 Å². The number of likely N-dealkylation sites (N-methyl/N-ethyl adjacent to an activating group) is 1. The molecule has 4 rings (SSSR count). The molecule has 0 spiro atoms. The van der Waals surface area contributed by atoms with Gasteiger partial charge in [-0.25, -0.2) is 19.9 Å². The number of nitrogens with zero attached hydrogens (tertiary/aromatic N) is 7. The van der Waals surface area contributed by atoms with Crippen molar-refractivity contribution in [2.45, 2.75) is 39.8 Å². The number of hydrogen-bond donors (Lipinski definition) is 0. The number of ketones is 1. The molecule has 9 heteroatoms. The highest BCUT2D eigenvalue weighted by molar-refractivity contribution is 5.87. The van der Waals surface area contributed by atoms with Gasteiger partial charge in [-0.3, -0.25) is 9.69 Å². The number of methoxy groups -OCH3 is 1. The van der Waals surface area contributed by atoms with Gasteiger partial charge in [0.1, 0.15) is 17.9 Å². The zero-order valence-electron chi connectivity index (χ0n) is 18.8. The largest absolute Gasteiger partial charge is 0.481 e. The number of hydrogen-bond acceptors (Lipinski definition) is 8. The van der Waals surface area contributed by atoms with Crippen LogP contribution in [0.4, 0.5) is 5.82 Å². The first-order chi connectivity index (χ1) is 14.9. The summed E-state index contributed by atoms with van der Waals surface area (Å²) in [7, 11) is 3.67. The number of fused-ring (bicyclic) bond motifs is 1. The summed E-state index contributed by atoms with van der Waals surface area (Å²) < 4.78 is 7.39. The fraction of sp³-hybridized carbons (Fsp3) is 0.500. The Labute approximate surface area is 182 Å². The molecule has 1 fully saturated rings. The Morgan fingerprint density at radius 1 is 1.32 bits per heavy atom. The second-order valence-corrected chi connectivity index (χ2v) is 8.09.